The monoisotopic (exact) mass is 251 g/mol. The smallest absolute Gasteiger partial charge is 0.270 e. The van der Waals surface area contributed by atoms with E-state index in [0.29, 0.717) is 6.54 Å². The second-order valence-electron chi connectivity index (χ2n) is 3.41. The molecule has 0 aliphatic heterocycles. The van der Waals surface area contributed by atoms with E-state index in [2.05, 4.69) is 15.3 Å². The highest BCUT2D eigenvalue weighted by Crippen LogP contribution is 2.08. The summed E-state index contributed by atoms with van der Waals surface area (Å²) >= 11 is 1.47. The summed E-state index contributed by atoms with van der Waals surface area (Å²) in [6, 6.07) is 4.11. The Balaban J connectivity index is 1.98. The van der Waals surface area contributed by atoms with E-state index in [1.165, 1.54) is 29.5 Å². The van der Waals surface area contributed by atoms with Crippen molar-refractivity contribution in [3.63, 3.8) is 0 Å². The maximum atomic E-state index is 12.8. The summed E-state index contributed by atoms with van der Waals surface area (Å²) in [6.07, 6.45) is 0. The van der Waals surface area contributed by atoms with Crippen LogP contribution in [0.3, 0.4) is 0 Å². The highest BCUT2D eigenvalue weighted by atomic mass is 32.1. The number of pyridine rings is 1. The van der Waals surface area contributed by atoms with Crippen molar-refractivity contribution < 1.29 is 9.18 Å². The number of rotatable bonds is 3. The molecule has 0 spiro atoms. The van der Waals surface area contributed by atoms with Gasteiger partial charge in [0.1, 0.15) is 10.7 Å². The summed E-state index contributed by atoms with van der Waals surface area (Å²) in [5.41, 5.74) is 0.987. The number of aryl methyl sites for hydroxylation is 1. The van der Waals surface area contributed by atoms with E-state index in [1.54, 1.807) is 0 Å². The number of carbonyl (C=O) groups excluding carboxylic acids is 1. The molecule has 2 aromatic rings. The average molecular weight is 251 g/mol. The van der Waals surface area contributed by atoms with Gasteiger partial charge in [-0.15, -0.1) is 11.3 Å². The predicted molar refractivity (Wildman–Crippen MR) is 62.2 cm³/mol. The fourth-order valence-corrected chi connectivity index (χ4v) is 1.98. The first-order chi connectivity index (χ1) is 8.15. The van der Waals surface area contributed by atoms with Crippen LogP contribution in [0, 0.1) is 12.9 Å². The number of thiazole rings is 1. The molecule has 2 rings (SSSR count). The van der Waals surface area contributed by atoms with Crippen molar-refractivity contribution in [3.8, 4) is 0 Å². The number of nitrogens with zero attached hydrogens (tertiary/aromatic N) is 2. The third-order valence-corrected chi connectivity index (χ3v) is 2.98. The van der Waals surface area contributed by atoms with E-state index in [9.17, 15) is 9.18 Å². The summed E-state index contributed by atoms with van der Waals surface area (Å²) < 4.78 is 12.8. The largest absolute Gasteiger partial charge is 0.344 e. The van der Waals surface area contributed by atoms with Crippen LogP contribution in [0.1, 0.15) is 21.2 Å². The first kappa shape index (κ1) is 11.7. The van der Waals surface area contributed by atoms with Gasteiger partial charge in [0.05, 0.1) is 6.54 Å². The fraction of sp³-hybridized carbons (Fsp3) is 0.182. The minimum Gasteiger partial charge on any atom is -0.344 e. The first-order valence-electron chi connectivity index (χ1n) is 4.97. The molecule has 17 heavy (non-hydrogen) atoms. The predicted octanol–water partition coefficient (Wildman–Crippen LogP) is 1.92. The van der Waals surface area contributed by atoms with Crippen LogP contribution in [0.4, 0.5) is 4.39 Å². The van der Waals surface area contributed by atoms with E-state index in [0.717, 1.165) is 10.7 Å². The molecular weight excluding hydrogens is 241 g/mol. The Morgan fingerprint density at radius 3 is 2.94 bits per heavy atom. The van der Waals surface area contributed by atoms with Gasteiger partial charge in [0.25, 0.3) is 5.91 Å². The molecule has 2 heterocycles. The Morgan fingerprint density at radius 2 is 2.29 bits per heavy atom. The number of amides is 1. The Kier molecular flexibility index (Phi) is 3.43. The normalized spacial score (nSPS) is 10.2. The van der Waals surface area contributed by atoms with Crippen LogP contribution in [0.25, 0.3) is 0 Å². The zero-order chi connectivity index (χ0) is 12.3. The fourth-order valence-electron chi connectivity index (χ4n) is 1.27. The molecule has 1 N–H and O–H groups in total. The number of hydrogen-bond donors (Lipinski definition) is 1. The Bertz CT molecular complexity index is 541. The van der Waals surface area contributed by atoms with E-state index in [4.69, 9.17) is 0 Å². The van der Waals surface area contributed by atoms with Crippen LogP contribution in [-0.4, -0.2) is 15.9 Å². The third kappa shape index (κ3) is 3.07. The van der Waals surface area contributed by atoms with Gasteiger partial charge in [-0.1, -0.05) is 6.07 Å². The zero-order valence-electron chi connectivity index (χ0n) is 9.11. The molecule has 0 saturated carbocycles. The zero-order valence-corrected chi connectivity index (χ0v) is 9.92. The van der Waals surface area contributed by atoms with Gasteiger partial charge >= 0.3 is 0 Å². The van der Waals surface area contributed by atoms with Gasteiger partial charge in [0.2, 0.25) is 5.95 Å². The molecule has 2 aromatic heterocycles. The lowest BCUT2D eigenvalue weighted by Gasteiger charge is -2.01. The van der Waals surface area contributed by atoms with Gasteiger partial charge in [-0.25, -0.2) is 9.97 Å². The molecule has 0 aliphatic carbocycles. The van der Waals surface area contributed by atoms with Crippen molar-refractivity contribution in [1.29, 1.82) is 0 Å². The molecule has 0 unspecified atom stereocenters. The molecule has 88 valence electrons. The number of carbonyl (C=O) groups is 1. The van der Waals surface area contributed by atoms with Crippen LogP contribution in [0.15, 0.2) is 23.6 Å². The average Bonchev–Trinajstić information content (AvgIpc) is 2.72. The summed E-state index contributed by atoms with van der Waals surface area (Å²) in [5, 5.41) is 5.35. The summed E-state index contributed by atoms with van der Waals surface area (Å²) in [6.45, 7) is 2.21. The number of halogens is 1. The molecular formula is C11H10FN3OS. The van der Waals surface area contributed by atoms with Gasteiger partial charge in [-0.2, -0.15) is 4.39 Å². The maximum absolute atomic E-state index is 12.8. The van der Waals surface area contributed by atoms with Gasteiger partial charge in [0, 0.05) is 11.1 Å². The molecule has 0 fully saturated rings. The Hall–Kier alpha value is -1.82. The molecule has 4 nitrogen and oxygen atoms in total. The number of nitrogens with one attached hydrogen (secondary N) is 1. The molecule has 0 radical (unpaired) electrons. The van der Waals surface area contributed by atoms with E-state index in [-0.39, 0.29) is 5.69 Å². The minimum absolute atomic E-state index is 0.0679. The van der Waals surface area contributed by atoms with Crippen LogP contribution in [-0.2, 0) is 6.54 Å². The van der Waals surface area contributed by atoms with E-state index >= 15 is 0 Å². The quantitative estimate of drug-likeness (QED) is 0.848. The van der Waals surface area contributed by atoms with E-state index < -0.39 is 11.9 Å². The van der Waals surface area contributed by atoms with Gasteiger partial charge in [-0.05, 0) is 19.1 Å². The lowest BCUT2D eigenvalue weighted by atomic mass is 10.3. The molecule has 0 atom stereocenters. The second-order valence-corrected chi connectivity index (χ2v) is 4.35. The molecule has 6 heteroatoms. The van der Waals surface area contributed by atoms with Crippen molar-refractivity contribution in [1.82, 2.24) is 15.3 Å². The Labute approximate surface area is 102 Å². The first-order valence-corrected chi connectivity index (χ1v) is 5.85. The molecule has 1 amide bonds. The lowest BCUT2D eigenvalue weighted by Crippen LogP contribution is -2.23. The SMILES string of the molecule is Cc1csc(CNC(=O)c2cccc(F)n2)n1. The van der Waals surface area contributed by atoms with Gasteiger partial charge in [-0.3, -0.25) is 4.79 Å². The van der Waals surface area contributed by atoms with Crippen LogP contribution in [0.2, 0.25) is 0 Å². The summed E-state index contributed by atoms with van der Waals surface area (Å²) in [4.78, 5) is 19.3. The molecule has 0 bridgehead atoms. The van der Waals surface area contributed by atoms with Crippen molar-refractivity contribution in [3.05, 3.63) is 45.9 Å². The van der Waals surface area contributed by atoms with Crippen molar-refractivity contribution in [2.75, 3.05) is 0 Å². The Morgan fingerprint density at radius 1 is 1.47 bits per heavy atom. The lowest BCUT2D eigenvalue weighted by molar-refractivity contribution is 0.0944. The molecule has 0 aromatic carbocycles. The third-order valence-electron chi connectivity index (χ3n) is 2.01. The van der Waals surface area contributed by atoms with Crippen LogP contribution >= 0.6 is 11.3 Å². The van der Waals surface area contributed by atoms with Crippen molar-refractivity contribution >= 4 is 17.2 Å². The van der Waals surface area contributed by atoms with Gasteiger partial charge in [0.15, 0.2) is 0 Å². The second kappa shape index (κ2) is 5.01. The van der Waals surface area contributed by atoms with Gasteiger partial charge < -0.3 is 5.32 Å². The van der Waals surface area contributed by atoms with Crippen molar-refractivity contribution in [2.45, 2.75) is 13.5 Å². The molecule has 0 saturated heterocycles. The number of hydrogen-bond acceptors (Lipinski definition) is 4. The number of aromatic nitrogens is 2. The highest BCUT2D eigenvalue weighted by molar-refractivity contribution is 7.09. The molecule has 0 aliphatic rings. The minimum atomic E-state index is -0.664. The standard InChI is InChI=1S/C11H10FN3OS/c1-7-6-17-10(14-7)5-13-11(16)8-3-2-4-9(12)15-8/h2-4,6H,5H2,1H3,(H,13,16). The van der Waals surface area contributed by atoms with Crippen LogP contribution in [0.5, 0.6) is 0 Å². The topological polar surface area (TPSA) is 54.9 Å². The van der Waals surface area contributed by atoms with Crippen LogP contribution < -0.4 is 5.32 Å². The highest BCUT2D eigenvalue weighted by Gasteiger charge is 2.08. The summed E-state index contributed by atoms with van der Waals surface area (Å²) in [5.74, 6) is -1.07. The maximum Gasteiger partial charge on any atom is 0.270 e. The summed E-state index contributed by atoms with van der Waals surface area (Å²) in [7, 11) is 0. The van der Waals surface area contributed by atoms with Crippen molar-refractivity contribution in [2.24, 2.45) is 0 Å². The van der Waals surface area contributed by atoms with E-state index in [1.807, 2.05) is 12.3 Å².